The van der Waals surface area contributed by atoms with E-state index in [-0.39, 0.29) is 29.6 Å². The molecule has 0 bridgehead atoms. The molecule has 5 aromatic rings. The summed E-state index contributed by atoms with van der Waals surface area (Å²) in [5, 5.41) is 19.4. The van der Waals surface area contributed by atoms with Crippen LogP contribution in [0.1, 0.15) is 32.9 Å². The van der Waals surface area contributed by atoms with Crippen molar-refractivity contribution in [2.24, 2.45) is 5.10 Å². The summed E-state index contributed by atoms with van der Waals surface area (Å²) in [4.78, 5) is 13.1. The molecule has 2 heterocycles. The predicted octanol–water partition coefficient (Wildman–Crippen LogP) is 4.23. The molecule has 0 spiro atoms. The second-order valence-corrected chi connectivity index (χ2v) is 9.73. The van der Waals surface area contributed by atoms with E-state index in [1.807, 2.05) is 49.4 Å². The number of aromatic nitrogens is 5. The van der Waals surface area contributed by atoms with Gasteiger partial charge in [0.15, 0.2) is 17.2 Å². The lowest BCUT2D eigenvalue weighted by atomic mass is 10.2. The Kier molecular flexibility index (Phi) is 8.72. The Balaban J connectivity index is 1.31. The number of nitrogens with two attached hydrogens (primary N) is 1. The van der Waals surface area contributed by atoms with Crippen LogP contribution >= 0.6 is 15.9 Å². The molecule has 0 saturated carbocycles. The van der Waals surface area contributed by atoms with E-state index in [1.165, 1.54) is 16.5 Å². The Morgan fingerprint density at radius 3 is 2.60 bits per heavy atom. The Labute approximate surface area is 248 Å². The molecule has 0 unspecified atom stereocenters. The summed E-state index contributed by atoms with van der Waals surface area (Å²) >= 11 is 3.54. The molecule has 0 radical (unpaired) electrons. The quantitative estimate of drug-likeness (QED) is 0.159. The molecule has 214 valence electrons. The number of hydrogen-bond acceptors (Lipinski definition) is 11. The van der Waals surface area contributed by atoms with Gasteiger partial charge in [0.2, 0.25) is 11.6 Å². The number of benzene rings is 3. The molecule has 3 aromatic carbocycles. The monoisotopic (exact) mass is 632 g/mol. The number of nitrogens with zero attached hydrogens (tertiary/aromatic N) is 6. The molecule has 0 aliphatic rings. The SMILES string of the molecule is COc1cc(/C=N\NC(=O)c2nnn(-c3nonc3N)c2COc2ccccc2)cc(Br)c1OCc1ccc(C)cc1. The zero-order valence-electron chi connectivity index (χ0n) is 22.5. The van der Waals surface area contributed by atoms with E-state index in [0.29, 0.717) is 33.9 Å². The number of nitrogens with one attached hydrogen (secondary N) is 1. The predicted molar refractivity (Wildman–Crippen MR) is 156 cm³/mol. The van der Waals surface area contributed by atoms with Crippen molar-refractivity contribution in [1.29, 1.82) is 0 Å². The fourth-order valence-electron chi connectivity index (χ4n) is 3.80. The molecule has 0 atom stereocenters. The summed E-state index contributed by atoms with van der Waals surface area (Å²) in [6, 6.07) is 20.6. The van der Waals surface area contributed by atoms with Crippen LogP contribution in [0.2, 0.25) is 0 Å². The van der Waals surface area contributed by atoms with Crippen LogP contribution in [0.15, 0.2) is 80.9 Å². The van der Waals surface area contributed by atoms with Crippen molar-refractivity contribution >= 4 is 33.9 Å². The number of halogens is 1. The first kappa shape index (κ1) is 28.3. The third kappa shape index (κ3) is 6.55. The number of carbonyl (C=O) groups is 1. The first-order valence-electron chi connectivity index (χ1n) is 12.5. The van der Waals surface area contributed by atoms with Gasteiger partial charge in [-0.05, 0) is 68.6 Å². The number of hydrazone groups is 1. The Hall–Kier alpha value is -5.24. The Bertz CT molecular complexity index is 1700. The molecule has 2 aromatic heterocycles. The van der Waals surface area contributed by atoms with E-state index < -0.39 is 5.91 Å². The van der Waals surface area contributed by atoms with Gasteiger partial charge in [0.1, 0.15) is 24.7 Å². The minimum Gasteiger partial charge on any atom is -0.493 e. The normalized spacial score (nSPS) is 11.0. The number of carbonyl (C=O) groups excluding carboxylic acids is 1. The van der Waals surface area contributed by atoms with Crippen molar-refractivity contribution in [3.8, 4) is 23.1 Å². The second-order valence-electron chi connectivity index (χ2n) is 8.88. The maximum atomic E-state index is 13.1. The van der Waals surface area contributed by atoms with Crippen molar-refractivity contribution in [2.75, 3.05) is 12.8 Å². The largest absolute Gasteiger partial charge is 0.493 e. The van der Waals surface area contributed by atoms with Crippen LogP contribution in [0.25, 0.3) is 5.82 Å². The number of ether oxygens (including phenoxy) is 3. The van der Waals surface area contributed by atoms with E-state index in [4.69, 9.17) is 19.9 Å². The van der Waals surface area contributed by atoms with E-state index in [0.717, 1.165) is 5.56 Å². The van der Waals surface area contributed by atoms with Gasteiger partial charge in [-0.3, -0.25) is 4.79 Å². The van der Waals surface area contributed by atoms with E-state index in [1.54, 1.807) is 31.4 Å². The number of nitrogen functional groups attached to an aromatic ring is 1. The number of methoxy groups -OCH3 is 1. The lowest BCUT2D eigenvalue weighted by Gasteiger charge is -2.13. The summed E-state index contributed by atoms with van der Waals surface area (Å²) in [6.07, 6.45) is 1.46. The zero-order valence-corrected chi connectivity index (χ0v) is 24.1. The number of hydrogen-bond donors (Lipinski definition) is 2. The molecule has 0 aliphatic heterocycles. The third-order valence-electron chi connectivity index (χ3n) is 5.93. The molecule has 5 rings (SSSR count). The van der Waals surface area contributed by atoms with Gasteiger partial charge in [-0.25, -0.2) is 10.1 Å². The average molecular weight is 633 g/mol. The summed E-state index contributed by atoms with van der Waals surface area (Å²) in [5.41, 5.74) is 11.3. The minimum absolute atomic E-state index is 0.0309. The van der Waals surface area contributed by atoms with Crippen LogP contribution in [0.4, 0.5) is 5.82 Å². The number of rotatable bonds is 11. The molecule has 42 heavy (non-hydrogen) atoms. The summed E-state index contributed by atoms with van der Waals surface area (Å²) in [7, 11) is 1.54. The highest BCUT2D eigenvalue weighted by atomic mass is 79.9. The smallest absolute Gasteiger partial charge is 0.293 e. The fourth-order valence-corrected chi connectivity index (χ4v) is 4.37. The van der Waals surface area contributed by atoms with E-state index in [2.05, 4.69) is 51.7 Å². The van der Waals surface area contributed by atoms with Gasteiger partial charge >= 0.3 is 0 Å². The van der Waals surface area contributed by atoms with Gasteiger partial charge in [0.25, 0.3) is 5.91 Å². The van der Waals surface area contributed by atoms with Crippen LogP contribution < -0.4 is 25.4 Å². The summed E-state index contributed by atoms with van der Waals surface area (Å²) in [6.45, 7) is 2.32. The highest BCUT2D eigenvalue weighted by molar-refractivity contribution is 9.10. The molecule has 3 N–H and O–H groups in total. The van der Waals surface area contributed by atoms with Crippen LogP contribution in [0.3, 0.4) is 0 Å². The van der Waals surface area contributed by atoms with Crippen molar-refractivity contribution in [3.63, 3.8) is 0 Å². The fraction of sp³-hybridized carbons (Fsp3) is 0.143. The van der Waals surface area contributed by atoms with E-state index >= 15 is 0 Å². The van der Waals surface area contributed by atoms with Gasteiger partial charge in [-0.1, -0.05) is 53.2 Å². The molecule has 0 saturated heterocycles. The first-order valence-corrected chi connectivity index (χ1v) is 13.3. The highest BCUT2D eigenvalue weighted by Crippen LogP contribution is 2.37. The topological polar surface area (TPSA) is 165 Å². The molecule has 14 heteroatoms. The molecule has 13 nitrogen and oxygen atoms in total. The van der Waals surface area contributed by atoms with E-state index in [9.17, 15) is 4.79 Å². The van der Waals surface area contributed by atoms with Crippen LogP contribution in [-0.4, -0.2) is 44.5 Å². The average Bonchev–Trinajstić information content (AvgIpc) is 3.62. The Morgan fingerprint density at radius 2 is 1.88 bits per heavy atom. The first-order chi connectivity index (χ1) is 20.4. The maximum Gasteiger partial charge on any atom is 0.293 e. The lowest BCUT2D eigenvalue weighted by Crippen LogP contribution is -2.21. The summed E-state index contributed by atoms with van der Waals surface area (Å²) in [5.74, 6) is 1.01. The summed E-state index contributed by atoms with van der Waals surface area (Å²) < 4.78 is 23.9. The number of aryl methyl sites for hydroxylation is 1. The molecule has 0 fully saturated rings. The third-order valence-corrected chi connectivity index (χ3v) is 6.52. The van der Waals surface area contributed by atoms with Crippen molar-refractivity contribution in [3.05, 3.63) is 99.3 Å². The van der Waals surface area contributed by atoms with Gasteiger partial charge in [0.05, 0.1) is 17.8 Å². The number of para-hydroxylation sites is 1. The van der Waals surface area contributed by atoms with Crippen molar-refractivity contribution in [1.82, 2.24) is 30.7 Å². The highest BCUT2D eigenvalue weighted by Gasteiger charge is 2.24. The Morgan fingerprint density at radius 1 is 1.10 bits per heavy atom. The number of amides is 1. The molecular formula is C28H25BrN8O5. The standard InChI is InChI=1S/C28H25BrN8O5/c1-17-8-10-18(11-9-17)15-41-25-21(29)12-19(13-23(25)39-2)14-31-33-28(38)24-22(16-40-20-6-4-3-5-7-20)37(36-32-24)27-26(30)34-42-35-27/h3-14H,15-16H2,1-2H3,(H2,30,34)(H,33,38)/b31-14-. The molecule has 0 aliphatic carbocycles. The van der Waals surface area contributed by atoms with Gasteiger partial charge in [-0.2, -0.15) is 9.78 Å². The van der Waals surface area contributed by atoms with Gasteiger partial charge < -0.3 is 19.9 Å². The second kappa shape index (κ2) is 13.0. The molecular weight excluding hydrogens is 608 g/mol. The maximum absolute atomic E-state index is 13.1. The zero-order chi connectivity index (χ0) is 29.5. The lowest BCUT2D eigenvalue weighted by molar-refractivity contribution is 0.0947. The van der Waals surface area contributed by atoms with Gasteiger partial charge in [-0.15, -0.1) is 5.10 Å². The molecule has 1 amide bonds. The van der Waals surface area contributed by atoms with Crippen LogP contribution in [0.5, 0.6) is 17.2 Å². The van der Waals surface area contributed by atoms with Crippen molar-refractivity contribution in [2.45, 2.75) is 20.1 Å². The van der Waals surface area contributed by atoms with Crippen LogP contribution in [0, 0.1) is 6.92 Å². The van der Waals surface area contributed by atoms with Crippen molar-refractivity contribution < 1.29 is 23.6 Å². The van der Waals surface area contributed by atoms with Gasteiger partial charge in [0, 0.05) is 0 Å². The number of anilines is 1. The van der Waals surface area contributed by atoms with Crippen LogP contribution in [-0.2, 0) is 13.2 Å². The minimum atomic E-state index is -0.636.